The number of benzene rings is 4. The maximum atomic E-state index is 2.33. The zero-order chi connectivity index (χ0) is 18.6. The van der Waals surface area contributed by atoms with E-state index in [-0.39, 0.29) is 0 Å². The van der Waals surface area contributed by atoms with Gasteiger partial charge in [-0.05, 0) is 70.8 Å². The van der Waals surface area contributed by atoms with Crippen molar-refractivity contribution < 1.29 is 0 Å². The van der Waals surface area contributed by atoms with Crippen LogP contribution in [-0.4, -0.2) is 0 Å². The Labute approximate surface area is 162 Å². The molecule has 0 atom stereocenters. The first-order chi connectivity index (χ1) is 13.2. The minimum Gasteiger partial charge on any atom is -0.0622 e. The summed E-state index contributed by atoms with van der Waals surface area (Å²) >= 11 is 0. The summed E-state index contributed by atoms with van der Waals surface area (Å²) in [4.78, 5) is 0. The molecule has 0 N–H and O–H groups in total. The summed E-state index contributed by atoms with van der Waals surface area (Å²) in [7, 11) is 0. The maximum Gasteiger partial charge on any atom is -0.00256 e. The van der Waals surface area contributed by atoms with Crippen LogP contribution >= 0.6 is 0 Å². The number of rotatable bonds is 4. The van der Waals surface area contributed by atoms with Crippen LogP contribution in [0.25, 0.3) is 22.3 Å². The van der Waals surface area contributed by atoms with E-state index in [1.54, 1.807) is 0 Å². The SMILES string of the molecule is Cc1ccccc1-c1cc(-c2cccc(Cc3ccccc3)c2)ccc1C. The molecule has 0 radical (unpaired) electrons. The molecule has 4 aromatic carbocycles. The van der Waals surface area contributed by atoms with E-state index in [1.807, 2.05) is 0 Å². The lowest BCUT2D eigenvalue weighted by Crippen LogP contribution is -1.91. The zero-order valence-electron chi connectivity index (χ0n) is 15.9. The topological polar surface area (TPSA) is 0 Å². The van der Waals surface area contributed by atoms with E-state index in [1.165, 1.54) is 44.5 Å². The molecule has 0 aliphatic rings. The fourth-order valence-corrected chi connectivity index (χ4v) is 3.66. The average Bonchev–Trinajstić information content (AvgIpc) is 2.70. The van der Waals surface area contributed by atoms with Crippen molar-refractivity contribution in [3.63, 3.8) is 0 Å². The summed E-state index contributed by atoms with van der Waals surface area (Å²) in [5.41, 5.74) is 10.5. The Morgan fingerprint density at radius 1 is 0.481 bits per heavy atom. The molecule has 132 valence electrons. The van der Waals surface area contributed by atoms with E-state index >= 15 is 0 Å². The molecule has 0 aromatic heterocycles. The van der Waals surface area contributed by atoms with Crippen LogP contribution in [0.5, 0.6) is 0 Å². The first-order valence-corrected chi connectivity index (χ1v) is 9.50. The molecule has 0 heteroatoms. The second-order valence-electron chi connectivity index (χ2n) is 7.21. The summed E-state index contributed by atoms with van der Waals surface area (Å²) in [6, 6.07) is 35.0. The van der Waals surface area contributed by atoms with Gasteiger partial charge in [-0.15, -0.1) is 0 Å². The highest BCUT2D eigenvalue weighted by molar-refractivity contribution is 5.77. The molecule has 27 heavy (non-hydrogen) atoms. The van der Waals surface area contributed by atoms with E-state index in [0.29, 0.717) is 0 Å². The summed E-state index contributed by atoms with van der Waals surface area (Å²) in [5, 5.41) is 0. The van der Waals surface area contributed by atoms with Gasteiger partial charge in [-0.3, -0.25) is 0 Å². The van der Waals surface area contributed by atoms with Gasteiger partial charge >= 0.3 is 0 Å². The first-order valence-electron chi connectivity index (χ1n) is 9.50. The van der Waals surface area contributed by atoms with Crippen LogP contribution in [0.3, 0.4) is 0 Å². The minimum absolute atomic E-state index is 0.963. The third kappa shape index (κ3) is 3.85. The maximum absolute atomic E-state index is 2.33. The molecule has 0 bridgehead atoms. The van der Waals surface area contributed by atoms with Crippen molar-refractivity contribution in [1.82, 2.24) is 0 Å². The molecule has 0 saturated carbocycles. The predicted molar refractivity (Wildman–Crippen MR) is 116 cm³/mol. The molecule has 0 fully saturated rings. The highest BCUT2D eigenvalue weighted by atomic mass is 14.1. The van der Waals surface area contributed by atoms with E-state index < -0.39 is 0 Å². The van der Waals surface area contributed by atoms with Gasteiger partial charge < -0.3 is 0 Å². The van der Waals surface area contributed by atoms with Crippen molar-refractivity contribution in [3.05, 3.63) is 119 Å². The molecule has 4 aromatic rings. The Kier molecular flexibility index (Phi) is 4.89. The molecule has 0 nitrogen and oxygen atoms in total. The molecule has 4 rings (SSSR count). The molecule has 0 heterocycles. The molecular formula is C27H24. The van der Waals surface area contributed by atoms with Gasteiger partial charge in [0.05, 0.1) is 0 Å². The second kappa shape index (κ2) is 7.63. The van der Waals surface area contributed by atoms with Gasteiger partial charge in [0, 0.05) is 0 Å². The minimum atomic E-state index is 0.963. The molecule has 0 saturated heterocycles. The Hall–Kier alpha value is -3.12. The van der Waals surface area contributed by atoms with Crippen LogP contribution in [0.15, 0.2) is 97.1 Å². The van der Waals surface area contributed by atoms with Crippen molar-refractivity contribution >= 4 is 0 Å². The Bertz CT molecular complexity index is 1060. The van der Waals surface area contributed by atoms with Crippen LogP contribution in [0.4, 0.5) is 0 Å². The monoisotopic (exact) mass is 348 g/mol. The van der Waals surface area contributed by atoms with Gasteiger partial charge in [-0.1, -0.05) is 91.0 Å². The normalized spacial score (nSPS) is 10.7. The highest BCUT2D eigenvalue weighted by Crippen LogP contribution is 2.31. The van der Waals surface area contributed by atoms with Gasteiger partial charge in [0.2, 0.25) is 0 Å². The van der Waals surface area contributed by atoms with Crippen LogP contribution < -0.4 is 0 Å². The van der Waals surface area contributed by atoms with E-state index in [0.717, 1.165) is 6.42 Å². The van der Waals surface area contributed by atoms with Gasteiger partial charge in [-0.25, -0.2) is 0 Å². The van der Waals surface area contributed by atoms with Crippen LogP contribution in [-0.2, 0) is 6.42 Å². The smallest absolute Gasteiger partial charge is 0.00256 e. The third-order valence-corrected chi connectivity index (χ3v) is 5.18. The molecule has 0 aliphatic heterocycles. The first kappa shape index (κ1) is 17.3. The number of aryl methyl sites for hydroxylation is 2. The van der Waals surface area contributed by atoms with Gasteiger partial charge in [0.1, 0.15) is 0 Å². The summed E-state index contributed by atoms with van der Waals surface area (Å²) in [6.45, 7) is 4.37. The second-order valence-corrected chi connectivity index (χ2v) is 7.21. The summed E-state index contributed by atoms with van der Waals surface area (Å²) in [6.07, 6.45) is 0.963. The summed E-state index contributed by atoms with van der Waals surface area (Å²) in [5.74, 6) is 0. The van der Waals surface area contributed by atoms with Crippen molar-refractivity contribution in [2.75, 3.05) is 0 Å². The molecule has 0 spiro atoms. The van der Waals surface area contributed by atoms with E-state index in [9.17, 15) is 0 Å². The van der Waals surface area contributed by atoms with Crippen molar-refractivity contribution in [3.8, 4) is 22.3 Å². The Balaban J connectivity index is 1.71. The van der Waals surface area contributed by atoms with Gasteiger partial charge in [0.25, 0.3) is 0 Å². The Morgan fingerprint density at radius 3 is 1.96 bits per heavy atom. The van der Waals surface area contributed by atoms with Crippen LogP contribution in [0, 0.1) is 13.8 Å². The fraction of sp³-hybridized carbons (Fsp3) is 0.111. The van der Waals surface area contributed by atoms with Crippen molar-refractivity contribution in [1.29, 1.82) is 0 Å². The van der Waals surface area contributed by atoms with E-state index in [4.69, 9.17) is 0 Å². The molecular weight excluding hydrogens is 324 g/mol. The quantitative estimate of drug-likeness (QED) is 0.365. The lowest BCUT2D eigenvalue weighted by molar-refractivity contribution is 1.19. The molecule has 0 unspecified atom stereocenters. The fourth-order valence-electron chi connectivity index (χ4n) is 3.66. The summed E-state index contributed by atoms with van der Waals surface area (Å²) < 4.78 is 0. The lowest BCUT2D eigenvalue weighted by atomic mass is 9.92. The largest absolute Gasteiger partial charge is 0.0622 e. The Morgan fingerprint density at radius 2 is 1.15 bits per heavy atom. The molecule has 0 amide bonds. The third-order valence-electron chi connectivity index (χ3n) is 5.18. The highest BCUT2D eigenvalue weighted by Gasteiger charge is 2.08. The predicted octanol–water partition coefficient (Wildman–Crippen LogP) is 7.23. The van der Waals surface area contributed by atoms with E-state index in [2.05, 4.69) is 111 Å². The number of hydrogen-bond donors (Lipinski definition) is 0. The lowest BCUT2D eigenvalue weighted by Gasteiger charge is -2.13. The number of hydrogen-bond acceptors (Lipinski definition) is 0. The van der Waals surface area contributed by atoms with Crippen molar-refractivity contribution in [2.45, 2.75) is 20.3 Å². The van der Waals surface area contributed by atoms with Crippen LogP contribution in [0.1, 0.15) is 22.3 Å². The zero-order valence-corrected chi connectivity index (χ0v) is 15.9. The standard InChI is InChI=1S/C27H24/c1-20-9-6-7-14-26(20)27-19-25(16-15-21(27)2)24-13-8-12-23(18-24)17-22-10-4-3-5-11-22/h3-16,18-19H,17H2,1-2H3. The molecule has 0 aliphatic carbocycles. The van der Waals surface area contributed by atoms with Crippen LogP contribution in [0.2, 0.25) is 0 Å². The average molecular weight is 348 g/mol. The van der Waals surface area contributed by atoms with Crippen molar-refractivity contribution in [2.24, 2.45) is 0 Å². The van der Waals surface area contributed by atoms with Gasteiger partial charge in [-0.2, -0.15) is 0 Å². The van der Waals surface area contributed by atoms with Gasteiger partial charge in [0.15, 0.2) is 0 Å².